The number of hydrogen-bond acceptors (Lipinski definition) is 7. The monoisotopic (exact) mass is 457 g/mol. The normalized spacial score (nSPS) is 13.9. The summed E-state index contributed by atoms with van der Waals surface area (Å²) in [6.45, 7) is 4.88. The molecule has 0 atom stereocenters. The van der Waals surface area contributed by atoms with Crippen molar-refractivity contribution in [1.29, 1.82) is 0 Å². The molecule has 1 saturated carbocycles. The van der Waals surface area contributed by atoms with Gasteiger partial charge in [-0.15, -0.1) is 0 Å². The molecule has 1 fully saturated rings. The largest absolute Gasteiger partial charge is 0.471 e. The van der Waals surface area contributed by atoms with Crippen LogP contribution in [0.15, 0.2) is 54.2 Å². The molecule has 1 aliphatic rings. The van der Waals surface area contributed by atoms with Crippen LogP contribution in [-0.4, -0.2) is 30.4 Å². The molecule has 1 aromatic carbocycles. The van der Waals surface area contributed by atoms with E-state index in [0.29, 0.717) is 36.3 Å². The maximum absolute atomic E-state index is 8.92. The Morgan fingerprint density at radius 3 is 2.71 bits per heavy atom. The number of amidine groups is 1. The lowest BCUT2D eigenvalue weighted by molar-refractivity contribution is 0.289. The highest BCUT2D eigenvalue weighted by Gasteiger charge is 2.23. The minimum atomic E-state index is 0.0947. The number of aryl methyl sites for hydroxylation is 2. The molecule has 4 N–H and O–H groups in total. The fourth-order valence-electron chi connectivity index (χ4n) is 4.11. The molecule has 4 aromatic rings. The van der Waals surface area contributed by atoms with E-state index >= 15 is 0 Å². The highest BCUT2D eigenvalue weighted by Crippen LogP contribution is 2.39. The van der Waals surface area contributed by atoms with Crippen LogP contribution in [0, 0.1) is 13.8 Å². The molecular formula is C25H27N7O2. The second-order valence-corrected chi connectivity index (χ2v) is 8.69. The van der Waals surface area contributed by atoms with Crippen LogP contribution in [0.25, 0.3) is 5.65 Å². The molecule has 3 aromatic heterocycles. The summed E-state index contributed by atoms with van der Waals surface area (Å²) in [5.74, 6) is 1.94. The van der Waals surface area contributed by atoms with Crippen LogP contribution in [0.1, 0.15) is 52.3 Å². The minimum Gasteiger partial charge on any atom is -0.471 e. The Bertz CT molecular complexity index is 1350. The minimum absolute atomic E-state index is 0.0947. The molecule has 0 amide bonds. The average Bonchev–Trinajstić information content (AvgIpc) is 3.61. The van der Waals surface area contributed by atoms with Crippen molar-refractivity contribution in [2.45, 2.75) is 45.8 Å². The zero-order valence-electron chi connectivity index (χ0n) is 19.2. The number of imidazole rings is 1. The summed E-state index contributed by atoms with van der Waals surface area (Å²) in [6, 6.07) is 9.80. The first-order valence-corrected chi connectivity index (χ1v) is 11.2. The van der Waals surface area contributed by atoms with Crippen LogP contribution in [0.5, 0.6) is 5.88 Å². The predicted molar refractivity (Wildman–Crippen MR) is 129 cm³/mol. The number of ether oxygens (including phenoxy) is 1. The SMILES string of the molecule is Cc1cc(C(N)=NO)cc(C)c1CNc1cc(OCc2cn3cc(C4CC4)ccc3n2)ncn1. The van der Waals surface area contributed by atoms with Gasteiger partial charge in [-0.25, -0.2) is 15.0 Å². The summed E-state index contributed by atoms with van der Waals surface area (Å²) in [4.78, 5) is 13.2. The number of benzene rings is 1. The molecule has 9 heteroatoms. The third-order valence-corrected chi connectivity index (χ3v) is 6.13. The lowest BCUT2D eigenvalue weighted by Gasteiger charge is -2.14. The molecule has 0 aliphatic heterocycles. The summed E-state index contributed by atoms with van der Waals surface area (Å²) in [5, 5.41) is 15.3. The van der Waals surface area contributed by atoms with Crippen LogP contribution in [0.3, 0.4) is 0 Å². The number of hydrogen-bond donors (Lipinski definition) is 3. The fourth-order valence-corrected chi connectivity index (χ4v) is 4.11. The predicted octanol–water partition coefficient (Wildman–Crippen LogP) is 3.90. The van der Waals surface area contributed by atoms with Gasteiger partial charge in [0.1, 0.15) is 24.4 Å². The Labute approximate surface area is 197 Å². The number of anilines is 1. The summed E-state index contributed by atoms with van der Waals surface area (Å²) in [7, 11) is 0. The molecule has 34 heavy (non-hydrogen) atoms. The molecule has 0 bridgehead atoms. The maximum Gasteiger partial charge on any atom is 0.218 e. The summed E-state index contributed by atoms with van der Waals surface area (Å²) < 4.78 is 7.95. The molecule has 0 spiro atoms. The molecule has 0 radical (unpaired) electrons. The van der Waals surface area contributed by atoms with Crippen molar-refractivity contribution >= 4 is 17.3 Å². The van der Waals surface area contributed by atoms with Gasteiger partial charge in [0.15, 0.2) is 5.84 Å². The second kappa shape index (κ2) is 9.01. The Morgan fingerprint density at radius 2 is 1.97 bits per heavy atom. The summed E-state index contributed by atoms with van der Waals surface area (Å²) >= 11 is 0. The highest BCUT2D eigenvalue weighted by atomic mass is 16.5. The quantitative estimate of drug-likeness (QED) is 0.159. The first-order chi connectivity index (χ1) is 16.5. The number of nitrogens with zero attached hydrogens (tertiary/aromatic N) is 5. The standard InChI is InChI=1S/C25H27N7O2/c1-15-7-19(25(26)31-33)8-16(2)21(15)10-27-22-9-24(29-14-28-22)34-13-20-12-32-11-18(17-3-4-17)5-6-23(32)30-20/h5-9,11-12,14,17,33H,3-4,10,13H2,1-2H3,(H2,26,31)(H,27,28,29). The van der Waals surface area contributed by atoms with Gasteiger partial charge in [0.2, 0.25) is 5.88 Å². The van der Waals surface area contributed by atoms with E-state index in [9.17, 15) is 0 Å². The van der Waals surface area contributed by atoms with Gasteiger partial charge in [-0.05, 0) is 73.1 Å². The van der Waals surface area contributed by atoms with Crippen molar-refractivity contribution in [3.63, 3.8) is 0 Å². The molecule has 5 rings (SSSR count). The number of aromatic nitrogens is 4. The lowest BCUT2D eigenvalue weighted by Crippen LogP contribution is -2.15. The van der Waals surface area contributed by atoms with Crippen LogP contribution in [0.2, 0.25) is 0 Å². The van der Waals surface area contributed by atoms with E-state index in [1.54, 1.807) is 6.07 Å². The zero-order chi connectivity index (χ0) is 23.7. The van der Waals surface area contributed by atoms with Crippen LogP contribution < -0.4 is 15.8 Å². The first-order valence-electron chi connectivity index (χ1n) is 11.2. The third kappa shape index (κ3) is 4.63. The van der Waals surface area contributed by atoms with Gasteiger partial charge in [-0.1, -0.05) is 11.2 Å². The van der Waals surface area contributed by atoms with Crippen molar-refractivity contribution in [3.05, 3.63) is 82.6 Å². The van der Waals surface area contributed by atoms with Crippen molar-refractivity contribution in [2.75, 3.05) is 5.32 Å². The van der Waals surface area contributed by atoms with E-state index in [0.717, 1.165) is 28.0 Å². The molecule has 1 aliphatic carbocycles. The van der Waals surface area contributed by atoms with Crippen molar-refractivity contribution in [3.8, 4) is 5.88 Å². The molecule has 9 nitrogen and oxygen atoms in total. The maximum atomic E-state index is 8.92. The molecule has 0 unspecified atom stereocenters. The Morgan fingerprint density at radius 1 is 1.18 bits per heavy atom. The number of fused-ring (bicyclic) bond motifs is 1. The third-order valence-electron chi connectivity index (χ3n) is 6.13. The number of rotatable bonds is 8. The van der Waals surface area contributed by atoms with Gasteiger partial charge >= 0.3 is 0 Å². The lowest BCUT2D eigenvalue weighted by atomic mass is 9.99. The first kappa shape index (κ1) is 21.7. The van der Waals surface area contributed by atoms with Crippen LogP contribution in [-0.2, 0) is 13.2 Å². The van der Waals surface area contributed by atoms with E-state index in [1.165, 1.54) is 24.7 Å². The van der Waals surface area contributed by atoms with Crippen molar-refractivity contribution in [2.24, 2.45) is 10.9 Å². The van der Waals surface area contributed by atoms with Gasteiger partial charge in [0.05, 0.1) is 5.69 Å². The van der Waals surface area contributed by atoms with Gasteiger partial charge in [-0.3, -0.25) is 0 Å². The topological polar surface area (TPSA) is 123 Å². The number of nitrogens with two attached hydrogens (primary N) is 1. The molecular weight excluding hydrogens is 430 g/mol. The van der Waals surface area contributed by atoms with Gasteiger partial charge < -0.3 is 25.4 Å². The van der Waals surface area contributed by atoms with Crippen molar-refractivity contribution < 1.29 is 9.94 Å². The Balaban J connectivity index is 1.23. The number of oxime groups is 1. The van der Waals surface area contributed by atoms with Crippen LogP contribution >= 0.6 is 0 Å². The van der Waals surface area contributed by atoms with E-state index in [-0.39, 0.29) is 5.84 Å². The van der Waals surface area contributed by atoms with E-state index in [1.807, 2.05) is 32.2 Å². The van der Waals surface area contributed by atoms with E-state index in [2.05, 4.69) is 48.2 Å². The number of nitrogens with one attached hydrogen (secondary N) is 1. The fraction of sp³-hybridized carbons (Fsp3) is 0.280. The van der Waals surface area contributed by atoms with Gasteiger partial charge in [-0.2, -0.15) is 0 Å². The molecule has 3 heterocycles. The second-order valence-electron chi connectivity index (χ2n) is 8.69. The van der Waals surface area contributed by atoms with Crippen molar-refractivity contribution in [1.82, 2.24) is 19.4 Å². The summed E-state index contributed by atoms with van der Waals surface area (Å²) in [5.41, 5.74) is 12.7. The van der Waals surface area contributed by atoms with Gasteiger partial charge in [0.25, 0.3) is 0 Å². The van der Waals surface area contributed by atoms with Gasteiger partial charge in [0, 0.05) is 30.6 Å². The zero-order valence-corrected chi connectivity index (χ0v) is 19.2. The van der Waals surface area contributed by atoms with E-state index < -0.39 is 0 Å². The number of pyridine rings is 1. The Kier molecular flexibility index (Phi) is 5.75. The Hall–Kier alpha value is -4.14. The highest BCUT2D eigenvalue weighted by molar-refractivity contribution is 5.97. The molecule has 0 saturated heterocycles. The summed E-state index contributed by atoms with van der Waals surface area (Å²) in [6.07, 6.45) is 8.20. The van der Waals surface area contributed by atoms with E-state index in [4.69, 9.17) is 15.7 Å². The average molecular weight is 458 g/mol. The van der Waals surface area contributed by atoms with Crippen LogP contribution in [0.4, 0.5) is 5.82 Å². The smallest absolute Gasteiger partial charge is 0.218 e. The molecule has 174 valence electrons.